The zero-order valence-electron chi connectivity index (χ0n) is 12.8. The predicted molar refractivity (Wildman–Crippen MR) is 97.2 cm³/mol. The average molecular weight is 390 g/mol. The number of hydrogen-bond acceptors (Lipinski definition) is 4. The SMILES string of the molecule is O=[N+]([O-])c1cc(Br)c(NCCc2c[nH]c3ccccc23)cc1CO. The molecule has 0 unspecified atom stereocenters. The van der Waals surface area contributed by atoms with Gasteiger partial charge in [0.1, 0.15) is 0 Å². The fourth-order valence-corrected chi connectivity index (χ4v) is 3.18. The maximum Gasteiger partial charge on any atom is 0.276 e. The minimum Gasteiger partial charge on any atom is -0.391 e. The molecule has 0 bridgehead atoms. The topological polar surface area (TPSA) is 91.2 Å². The van der Waals surface area contributed by atoms with Crippen LogP contribution in [0.25, 0.3) is 10.9 Å². The second-order valence-electron chi connectivity index (χ2n) is 5.41. The van der Waals surface area contributed by atoms with Crippen molar-refractivity contribution >= 4 is 38.2 Å². The number of fused-ring (bicyclic) bond motifs is 1. The van der Waals surface area contributed by atoms with E-state index < -0.39 is 4.92 Å². The number of nitro benzene ring substituents is 1. The fraction of sp³-hybridized carbons (Fsp3) is 0.176. The van der Waals surface area contributed by atoms with Gasteiger partial charge < -0.3 is 15.4 Å². The molecular formula is C17H16BrN3O3. The molecule has 2 aromatic carbocycles. The van der Waals surface area contributed by atoms with Crippen LogP contribution in [0.1, 0.15) is 11.1 Å². The number of aromatic amines is 1. The number of rotatable bonds is 6. The highest BCUT2D eigenvalue weighted by Gasteiger charge is 2.16. The minimum absolute atomic E-state index is 0.0912. The Balaban J connectivity index is 1.74. The van der Waals surface area contributed by atoms with Gasteiger partial charge >= 0.3 is 0 Å². The lowest BCUT2D eigenvalue weighted by Gasteiger charge is -2.10. The lowest BCUT2D eigenvalue weighted by Crippen LogP contribution is -2.06. The highest BCUT2D eigenvalue weighted by molar-refractivity contribution is 9.10. The van der Waals surface area contributed by atoms with Crippen molar-refractivity contribution in [1.82, 2.24) is 4.98 Å². The summed E-state index contributed by atoms with van der Waals surface area (Å²) in [5.41, 5.74) is 3.24. The number of halogens is 1. The van der Waals surface area contributed by atoms with Crippen molar-refractivity contribution in [3.8, 4) is 0 Å². The second kappa shape index (κ2) is 7.02. The first-order valence-corrected chi connectivity index (χ1v) is 8.26. The summed E-state index contributed by atoms with van der Waals surface area (Å²) in [7, 11) is 0. The van der Waals surface area contributed by atoms with Crippen LogP contribution < -0.4 is 5.32 Å². The van der Waals surface area contributed by atoms with Crippen molar-refractivity contribution in [2.75, 3.05) is 11.9 Å². The Hall–Kier alpha value is -2.38. The molecule has 0 fully saturated rings. The first kappa shape index (κ1) is 16.5. The number of nitrogens with zero attached hydrogens (tertiary/aromatic N) is 1. The molecule has 24 heavy (non-hydrogen) atoms. The van der Waals surface area contributed by atoms with Crippen molar-refractivity contribution in [3.63, 3.8) is 0 Å². The van der Waals surface area contributed by atoms with Gasteiger partial charge in [-0.1, -0.05) is 18.2 Å². The van der Waals surface area contributed by atoms with Gasteiger partial charge in [0.25, 0.3) is 5.69 Å². The lowest BCUT2D eigenvalue weighted by molar-refractivity contribution is -0.385. The van der Waals surface area contributed by atoms with E-state index in [4.69, 9.17) is 0 Å². The van der Waals surface area contributed by atoms with Gasteiger partial charge in [-0.2, -0.15) is 0 Å². The summed E-state index contributed by atoms with van der Waals surface area (Å²) >= 11 is 3.34. The summed E-state index contributed by atoms with van der Waals surface area (Å²) in [5, 5.41) is 24.8. The minimum atomic E-state index is -0.494. The van der Waals surface area contributed by atoms with Crippen LogP contribution in [0.15, 0.2) is 47.1 Å². The number of nitro groups is 1. The predicted octanol–water partition coefficient (Wildman–Crippen LogP) is 3.99. The average Bonchev–Trinajstić information content (AvgIpc) is 2.99. The molecule has 0 aliphatic carbocycles. The van der Waals surface area contributed by atoms with Crippen molar-refractivity contribution < 1.29 is 10.0 Å². The van der Waals surface area contributed by atoms with Crippen LogP contribution in [-0.4, -0.2) is 21.6 Å². The van der Waals surface area contributed by atoms with Crippen LogP contribution in [0, 0.1) is 10.1 Å². The molecule has 3 rings (SSSR count). The van der Waals surface area contributed by atoms with E-state index >= 15 is 0 Å². The second-order valence-corrected chi connectivity index (χ2v) is 6.27. The summed E-state index contributed by atoms with van der Waals surface area (Å²) in [6.45, 7) is 0.295. The molecule has 0 radical (unpaired) electrons. The highest BCUT2D eigenvalue weighted by atomic mass is 79.9. The van der Waals surface area contributed by atoms with Gasteiger partial charge in [0.2, 0.25) is 0 Å². The maximum absolute atomic E-state index is 11.0. The number of aromatic nitrogens is 1. The quantitative estimate of drug-likeness (QED) is 0.439. The van der Waals surface area contributed by atoms with Crippen molar-refractivity contribution in [2.45, 2.75) is 13.0 Å². The Labute approximate surface area is 146 Å². The van der Waals surface area contributed by atoms with Gasteiger partial charge in [0.05, 0.1) is 17.1 Å². The molecule has 3 aromatic rings. The van der Waals surface area contributed by atoms with Crippen LogP contribution in [0.2, 0.25) is 0 Å². The smallest absolute Gasteiger partial charge is 0.276 e. The Morgan fingerprint density at radius 1 is 1.25 bits per heavy atom. The van der Waals surface area contributed by atoms with E-state index in [-0.39, 0.29) is 17.9 Å². The van der Waals surface area contributed by atoms with E-state index in [1.54, 1.807) is 6.07 Å². The molecule has 0 aliphatic heterocycles. The van der Waals surface area contributed by atoms with Crippen molar-refractivity contribution in [3.05, 3.63) is 68.3 Å². The largest absolute Gasteiger partial charge is 0.391 e. The van der Waals surface area contributed by atoms with Crippen molar-refractivity contribution in [2.24, 2.45) is 0 Å². The van der Waals surface area contributed by atoms with Crippen LogP contribution in [0.4, 0.5) is 11.4 Å². The molecule has 0 spiro atoms. The van der Waals surface area contributed by atoms with E-state index in [0.717, 1.165) is 17.6 Å². The Morgan fingerprint density at radius 2 is 2.04 bits per heavy atom. The number of nitrogens with one attached hydrogen (secondary N) is 2. The highest BCUT2D eigenvalue weighted by Crippen LogP contribution is 2.31. The number of para-hydroxylation sites is 1. The molecular weight excluding hydrogens is 374 g/mol. The van der Waals surface area contributed by atoms with Crippen LogP contribution >= 0.6 is 15.9 Å². The first-order valence-electron chi connectivity index (χ1n) is 7.46. The summed E-state index contributed by atoms with van der Waals surface area (Å²) in [6, 6.07) is 11.1. The zero-order valence-corrected chi connectivity index (χ0v) is 14.3. The Bertz CT molecular complexity index is 892. The number of anilines is 1. The number of H-pyrrole nitrogens is 1. The van der Waals surface area contributed by atoms with Gasteiger partial charge in [-0.05, 0) is 40.0 Å². The summed E-state index contributed by atoms with van der Waals surface area (Å²) in [6.07, 6.45) is 2.80. The summed E-state index contributed by atoms with van der Waals surface area (Å²) < 4.78 is 0.602. The number of aliphatic hydroxyl groups is 1. The lowest BCUT2D eigenvalue weighted by atomic mass is 10.1. The molecule has 6 nitrogen and oxygen atoms in total. The molecule has 1 aromatic heterocycles. The van der Waals surface area contributed by atoms with E-state index in [9.17, 15) is 15.2 Å². The van der Waals surface area contributed by atoms with Gasteiger partial charge in [0, 0.05) is 39.9 Å². The molecule has 0 saturated heterocycles. The zero-order chi connectivity index (χ0) is 17.1. The molecule has 0 saturated carbocycles. The van der Waals surface area contributed by atoms with Crippen LogP contribution in [0.5, 0.6) is 0 Å². The fourth-order valence-electron chi connectivity index (χ4n) is 2.71. The number of benzene rings is 2. The maximum atomic E-state index is 11.0. The Kier molecular flexibility index (Phi) is 4.82. The molecule has 3 N–H and O–H groups in total. The van der Waals surface area contributed by atoms with Gasteiger partial charge in [-0.15, -0.1) is 0 Å². The molecule has 0 atom stereocenters. The molecule has 124 valence electrons. The standard InChI is InChI=1S/C17H16BrN3O3/c18-14-8-17(21(23)24)12(10-22)7-16(14)19-6-5-11-9-20-15-4-2-1-3-13(11)15/h1-4,7-9,19-20,22H,5-6,10H2. The molecule has 7 heteroatoms. The van der Waals surface area contributed by atoms with Gasteiger partial charge in [0.15, 0.2) is 0 Å². The molecule has 1 heterocycles. The van der Waals surface area contributed by atoms with Crippen molar-refractivity contribution in [1.29, 1.82) is 0 Å². The van der Waals surface area contributed by atoms with E-state index in [1.807, 2.05) is 24.4 Å². The monoisotopic (exact) mass is 389 g/mol. The van der Waals surface area contributed by atoms with E-state index in [1.165, 1.54) is 17.0 Å². The van der Waals surface area contributed by atoms with E-state index in [2.05, 4.69) is 32.3 Å². The third-order valence-corrected chi connectivity index (χ3v) is 4.58. The molecule has 0 aliphatic rings. The van der Waals surface area contributed by atoms with Crippen LogP contribution in [0.3, 0.4) is 0 Å². The van der Waals surface area contributed by atoms with E-state index in [0.29, 0.717) is 11.0 Å². The number of aliphatic hydroxyl groups excluding tert-OH is 1. The third-order valence-electron chi connectivity index (χ3n) is 3.92. The Morgan fingerprint density at radius 3 is 2.79 bits per heavy atom. The summed E-state index contributed by atoms with van der Waals surface area (Å²) in [5.74, 6) is 0. The van der Waals surface area contributed by atoms with Gasteiger partial charge in [-0.25, -0.2) is 0 Å². The van der Waals surface area contributed by atoms with Gasteiger partial charge in [-0.3, -0.25) is 10.1 Å². The number of hydrogen-bond donors (Lipinski definition) is 3. The van der Waals surface area contributed by atoms with Crippen LogP contribution in [-0.2, 0) is 13.0 Å². The first-order chi connectivity index (χ1) is 11.6. The summed E-state index contributed by atoms with van der Waals surface area (Å²) in [4.78, 5) is 13.7. The molecule has 0 amide bonds. The normalized spacial score (nSPS) is 10.9. The third kappa shape index (κ3) is 3.27.